The number of nitrogens with one attached hydrogen (secondary N) is 2. The van der Waals surface area contributed by atoms with Gasteiger partial charge in [-0.1, -0.05) is 37.6 Å². The topological polar surface area (TPSA) is 106 Å². The number of anilines is 2. The Labute approximate surface area is 311 Å². The molecule has 2 N–H and O–H groups in total. The highest BCUT2D eigenvalue weighted by Gasteiger charge is 2.45. The molecule has 1 atom stereocenters. The molecule has 1 aromatic heterocycles. The molecule has 3 aliphatic rings. The van der Waals surface area contributed by atoms with Gasteiger partial charge < -0.3 is 15.5 Å². The standard InChI is InChI=1S/C40H43F3N6O3S/c1-5-21-39(22-6-2)23-48(24-39)35(47-40(41,42)43)29(7-3)36(50)44-28-17-15-26(16-18-28)38(52)49-25(4)34(46-30-13-8-9-14-31(30)49)32-19-20-33(53-32)37(51)45-27-11-10-12-27/h5,7-9,13-20,25,27H,1,6,10-12,21-24H2,2-4H3,(H,44,50)(H,45,51)/b29-7+,47-35+. The SMILES string of the molecule is C=CCC1(CCC)CN(C(=N/C(F)(F)F)/C(=C\C)C(=O)Nc2ccc(C(=O)N3c4ccccc4N=C(c4ccc(C(=O)NC5CCC5)s4)C3C)cc2)C1. The third kappa shape index (κ3) is 8.14. The smallest absolute Gasteiger partial charge is 0.355 e. The first kappa shape index (κ1) is 37.7. The van der Waals surface area contributed by atoms with Gasteiger partial charge in [0, 0.05) is 35.8 Å². The Hall–Kier alpha value is -5.04. The van der Waals surface area contributed by atoms with E-state index < -0.39 is 24.1 Å². The van der Waals surface area contributed by atoms with Crippen LogP contribution in [-0.2, 0) is 4.79 Å². The van der Waals surface area contributed by atoms with Crippen LogP contribution in [0.5, 0.6) is 0 Å². The summed E-state index contributed by atoms with van der Waals surface area (Å²) < 4.78 is 41.0. The highest BCUT2D eigenvalue weighted by Crippen LogP contribution is 2.41. The van der Waals surface area contributed by atoms with E-state index in [4.69, 9.17) is 4.99 Å². The molecule has 9 nitrogen and oxygen atoms in total. The van der Waals surface area contributed by atoms with Gasteiger partial charge in [-0.2, -0.15) is 4.99 Å². The van der Waals surface area contributed by atoms with Crippen molar-refractivity contribution in [3.05, 3.63) is 100 Å². The molecule has 6 rings (SSSR count). The molecule has 2 aliphatic heterocycles. The van der Waals surface area contributed by atoms with Crippen LogP contribution in [0.2, 0.25) is 0 Å². The predicted molar refractivity (Wildman–Crippen MR) is 204 cm³/mol. The summed E-state index contributed by atoms with van der Waals surface area (Å²) in [6, 6.07) is 16.9. The first-order chi connectivity index (χ1) is 25.3. The number of nitrogens with zero attached hydrogens (tertiary/aromatic N) is 4. The lowest BCUT2D eigenvalue weighted by molar-refractivity contribution is -0.121. The van der Waals surface area contributed by atoms with Gasteiger partial charge in [-0.3, -0.25) is 19.3 Å². The van der Waals surface area contributed by atoms with Gasteiger partial charge in [-0.05, 0) is 94.5 Å². The average molecular weight is 745 g/mol. The number of fused-ring (bicyclic) bond motifs is 1. The van der Waals surface area contributed by atoms with Crippen LogP contribution in [0.25, 0.3) is 0 Å². The molecule has 0 radical (unpaired) electrons. The number of alkyl halides is 3. The van der Waals surface area contributed by atoms with Crippen molar-refractivity contribution in [3.8, 4) is 0 Å². The van der Waals surface area contributed by atoms with Crippen LogP contribution in [0.3, 0.4) is 0 Å². The summed E-state index contributed by atoms with van der Waals surface area (Å²) in [6.45, 7) is 9.88. The number of rotatable bonds is 11. The van der Waals surface area contributed by atoms with E-state index in [0.29, 0.717) is 52.7 Å². The number of hydrogen-bond donors (Lipinski definition) is 2. The van der Waals surface area contributed by atoms with Crippen molar-refractivity contribution in [1.82, 2.24) is 10.2 Å². The fraction of sp³-hybridized carbons (Fsp3) is 0.375. The minimum atomic E-state index is -4.88. The van der Waals surface area contributed by atoms with Gasteiger partial charge in [-0.15, -0.1) is 31.1 Å². The maximum absolute atomic E-state index is 14.2. The molecule has 278 valence electrons. The Balaban J connectivity index is 1.18. The molecule has 3 aromatic rings. The van der Waals surface area contributed by atoms with E-state index in [1.165, 1.54) is 29.2 Å². The Morgan fingerprint density at radius 3 is 2.42 bits per heavy atom. The van der Waals surface area contributed by atoms with Crippen LogP contribution in [0.1, 0.15) is 84.2 Å². The molecule has 0 bridgehead atoms. The molecule has 1 aliphatic carbocycles. The molecule has 1 unspecified atom stereocenters. The molecule has 2 fully saturated rings. The molecule has 3 heterocycles. The quantitative estimate of drug-likeness (QED) is 0.0674. The summed E-state index contributed by atoms with van der Waals surface area (Å²) in [5.41, 5.74) is 2.11. The number of benzene rings is 2. The van der Waals surface area contributed by atoms with Gasteiger partial charge in [0.1, 0.15) is 5.84 Å². The van der Waals surface area contributed by atoms with Crippen molar-refractivity contribution in [2.24, 2.45) is 15.4 Å². The molecule has 13 heteroatoms. The first-order valence-electron chi connectivity index (χ1n) is 17.9. The number of amidine groups is 1. The number of allylic oxidation sites excluding steroid dienone is 2. The summed E-state index contributed by atoms with van der Waals surface area (Å²) in [4.78, 5) is 52.9. The second-order valence-corrected chi connectivity index (χ2v) is 14.9. The molecule has 1 saturated carbocycles. The third-order valence-corrected chi connectivity index (χ3v) is 11.1. The van der Waals surface area contributed by atoms with Gasteiger partial charge in [0.2, 0.25) is 0 Å². The van der Waals surface area contributed by atoms with Crippen molar-refractivity contribution in [1.29, 1.82) is 0 Å². The van der Waals surface area contributed by atoms with Gasteiger partial charge in [0.15, 0.2) is 0 Å². The lowest BCUT2D eigenvalue weighted by Gasteiger charge is -2.51. The minimum absolute atomic E-state index is 0.112. The van der Waals surface area contributed by atoms with E-state index >= 15 is 0 Å². The number of aliphatic imine (C=N–C) groups is 2. The van der Waals surface area contributed by atoms with Crippen LogP contribution in [0, 0.1) is 5.41 Å². The van der Waals surface area contributed by atoms with Crippen molar-refractivity contribution in [3.63, 3.8) is 0 Å². The van der Waals surface area contributed by atoms with E-state index in [1.54, 1.807) is 41.3 Å². The summed E-state index contributed by atoms with van der Waals surface area (Å²) in [5, 5.41) is 5.76. The number of halogens is 3. The second kappa shape index (κ2) is 15.5. The van der Waals surface area contributed by atoms with Gasteiger partial charge in [0.05, 0.1) is 38.5 Å². The van der Waals surface area contributed by atoms with Crippen LogP contribution in [-0.4, -0.2) is 65.6 Å². The summed E-state index contributed by atoms with van der Waals surface area (Å²) in [6.07, 6.45) is 3.66. The maximum Gasteiger partial charge on any atom is 0.505 e. The minimum Gasteiger partial charge on any atom is -0.355 e. The zero-order chi connectivity index (χ0) is 37.9. The first-order valence-corrected chi connectivity index (χ1v) is 18.7. The summed E-state index contributed by atoms with van der Waals surface area (Å²) in [7, 11) is 0. The van der Waals surface area contributed by atoms with Crippen molar-refractivity contribution >= 4 is 57.7 Å². The Kier molecular flexibility index (Phi) is 11.0. The molecule has 1 saturated heterocycles. The van der Waals surface area contributed by atoms with Crippen LogP contribution < -0.4 is 15.5 Å². The van der Waals surface area contributed by atoms with E-state index in [2.05, 4.69) is 22.2 Å². The van der Waals surface area contributed by atoms with Crippen LogP contribution in [0.4, 0.5) is 30.2 Å². The maximum atomic E-state index is 14.2. The largest absolute Gasteiger partial charge is 0.505 e. The fourth-order valence-corrected chi connectivity index (χ4v) is 8.21. The monoisotopic (exact) mass is 744 g/mol. The van der Waals surface area contributed by atoms with E-state index in [1.807, 2.05) is 44.2 Å². The fourth-order valence-electron chi connectivity index (χ4n) is 7.23. The van der Waals surface area contributed by atoms with Gasteiger partial charge >= 0.3 is 6.30 Å². The molecular weight excluding hydrogens is 702 g/mol. The number of likely N-dealkylation sites (tertiary alicyclic amines) is 1. The van der Waals surface area contributed by atoms with Crippen molar-refractivity contribution in [2.45, 2.75) is 77.7 Å². The summed E-state index contributed by atoms with van der Waals surface area (Å²) in [5.74, 6) is -1.59. The average Bonchev–Trinajstić information content (AvgIpc) is 3.58. The zero-order valence-electron chi connectivity index (χ0n) is 30.0. The van der Waals surface area contributed by atoms with Crippen molar-refractivity contribution in [2.75, 3.05) is 23.3 Å². The zero-order valence-corrected chi connectivity index (χ0v) is 30.8. The van der Waals surface area contributed by atoms with Crippen LogP contribution >= 0.6 is 11.3 Å². The van der Waals surface area contributed by atoms with Gasteiger partial charge in [-0.25, -0.2) is 4.99 Å². The lowest BCUT2D eigenvalue weighted by atomic mass is 9.73. The van der Waals surface area contributed by atoms with Crippen LogP contribution in [0.15, 0.2) is 95.0 Å². The molecule has 53 heavy (non-hydrogen) atoms. The molecule has 3 amide bonds. The number of hydrogen-bond acceptors (Lipinski definition) is 6. The van der Waals surface area contributed by atoms with E-state index in [0.717, 1.165) is 37.0 Å². The third-order valence-electron chi connectivity index (χ3n) is 10.0. The Morgan fingerprint density at radius 1 is 1.08 bits per heavy atom. The number of thiophene rings is 1. The molecule has 2 aromatic carbocycles. The highest BCUT2D eigenvalue weighted by molar-refractivity contribution is 7.16. The lowest BCUT2D eigenvalue weighted by Crippen LogP contribution is -2.59. The highest BCUT2D eigenvalue weighted by atomic mass is 32.1. The Bertz CT molecular complexity index is 1970. The second-order valence-electron chi connectivity index (χ2n) is 13.8. The molecule has 0 spiro atoms. The van der Waals surface area contributed by atoms with E-state index in [-0.39, 0.29) is 28.8 Å². The number of para-hydroxylation sites is 2. The normalized spacial score (nSPS) is 18.7. The predicted octanol–water partition coefficient (Wildman–Crippen LogP) is 8.68. The van der Waals surface area contributed by atoms with Crippen molar-refractivity contribution < 1.29 is 27.6 Å². The van der Waals surface area contributed by atoms with Gasteiger partial charge in [0.25, 0.3) is 17.7 Å². The van der Waals surface area contributed by atoms with E-state index in [9.17, 15) is 27.6 Å². The Morgan fingerprint density at radius 2 is 1.79 bits per heavy atom. The summed E-state index contributed by atoms with van der Waals surface area (Å²) >= 11 is 1.34. The molecular formula is C40H43F3N6O3S. The number of carbonyl (C=O) groups is 3. The number of carbonyl (C=O) groups excluding carboxylic acids is 3. The number of amides is 3.